The Balaban J connectivity index is 0.000000193. The van der Waals surface area contributed by atoms with Crippen LogP contribution in [-0.4, -0.2) is 53.3 Å². The fourth-order valence-electron chi connectivity index (χ4n) is 3.25. The number of carbonyl (C=O) groups is 2. The van der Waals surface area contributed by atoms with E-state index in [0.29, 0.717) is 38.1 Å². The molecule has 2 bridgehead atoms. The molecule has 0 spiro atoms. The largest absolute Gasteiger partial charge is 0.496 e. The maximum Gasteiger partial charge on any atom is 0.410 e. The third-order valence-electron chi connectivity index (χ3n) is 5.02. The molecule has 0 aromatic heterocycles. The van der Waals surface area contributed by atoms with Crippen molar-refractivity contribution < 1.29 is 33.8 Å². The number of benzene rings is 2. The number of aliphatic hydroxyl groups excluding tert-OH is 1. The number of fused-ring (bicyclic) bond motifs is 5. The Kier molecular flexibility index (Phi) is 7.61. The first-order chi connectivity index (χ1) is 15.4. The molecule has 1 N–H and O–H groups in total. The zero-order chi connectivity index (χ0) is 23.1. The van der Waals surface area contributed by atoms with E-state index in [0.717, 1.165) is 16.9 Å². The lowest BCUT2D eigenvalue weighted by molar-refractivity contribution is -0.384. The number of β-amino-alcohol motifs (C(OH)–C–C–N with tert-alkyl or cyclic N) is 1. The van der Waals surface area contributed by atoms with E-state index in [9.17, 15) is 24.8 Å². The normalized spacial score (nSPS) is 16.9. The number of non-ortho nitro benzene ring substituents is 1. The van der Waals surface area contributed by atoms with Crippen molar-refractivity contribution in [1.29, 1.82) is 0 Å². The molecule has 3 aliphatic heterocycles. The van der Waals surface area contributed by atoms with Crippen molar-refractivity contribution in [3.8, 4) is 5.75 Å². The number of ether oxygens (including phenoxy) is 3. The minimum atomic E-state index is -0.485. The van der Waals surface area contributed by atoms with Crippen LogP contribution < -0.4 is 4.74 Å². The Morgan fingerprint density at radius 2 is 2.03 bits per heavy atom. The van der Waals surface area contributed by atoms with Crippen LogP contribution in [0.1, 0.15) is 23.1 Å². The molecule has 3 heterocycles. The summed E-state index contributed by atoms with van der Waals surface area (Å²) in [7, 11) is 1.62. The van der Waals surface area contributed by atoms with E-state index in [4.69, 9.17) is 14.2 Å². The van der Waals surface area contributed by atoms with E-state index in [1.165, 1.54) is 17.0 Å². The molecule has 1 fully saturated rings. The summed E-state index contributed by atoms with van der Waals surface area (Å²) in [6, 6.07) is 11.6. The Morgan fingerprint density at radius 1 is 1.28 bits per heavy atom. The van der Waals surface area contributed by atoms with Gasteiger partial charge < -0.3 is 24.2 Å². The van der Waals surface area contributed by atoms with Gasteiger partial charge in [-0.15, -0.1) is 0 Å². The molecule has 1 unspecified atom stereocenters. The van der Waals surface area contributed by atoms with Gasteiger partial charge in [0.15, 0.2) is 0 Å². The Labute approximate surface area is 184 Å². The second-order valence-corrected chi connectivity index (χ2v) is 7.35. The van der Waals surface area contributed by atoms with E-state index < -0.39 is 17.1 Å². The van der Waals surface area contributed by atoms with Crippen LogP contribution in [0.2, 0.25) is 0 Å². The van der Waals surface area contributed by atoms with Crippen molar-refractivity contribution in [2.24, 2.45) is 0 Å². The van der Waals surface area contributed by atoms with Gasteiger partial charge in [0.1, 0.15) is 19.0 Å². The van der Waals surface area contributed by atoms with Crippen LogP contribution in [0.4, 0.5) is 10.5 Å². The molecule has 10 nitrogen and oxygen atoms in total. The molecule has 32 heavy (non-hydrogen) atoms. The van der Waals surface area contributed by atoms with Crippen LogP contribution >= 0.6 is 0 Å². The lowest BCUT2D eigenvalue weighted by Crippen LogP contribution is -2.30. The number of nitrogens with zero attached hydrogens (tertiary/aromatic N) is 2. The van der Waals surface area contributed by atoms with Gasteiger partial charge >= 0.3 is 12.1 Å². The first-order valence-corrected chi connectivity index (χ1v) is 10.00. The number of aliphatic hydroxyl groups is 1. The van der Waals surface area contributed by atoms with Crippen LogP contribution in [0.25, 0.3) is 0 Å². The van der Waals surface area contributed by atoms with Gasteiger partial charge in [-0.1, -0.05) is 12.1 Å². The molecule has 170 valence electrons. The van der Waals surface area contributed by atoms with Crippen LogP contribution in [0.15, 0.2) is 42.5 Å². The third kappa shape index (κ3) is 6.17. The number of nitro groups is 1. The highest BCUT2D eigenvalue weighted by Gasteiger charge is 2.25. The summed E-state index contributed by atoms with van der Waals surface area (Å²) >= 11 is 0. The predicted octanol–water partition coefficient (Wildman–Crippen LogP) is 2.59. The Bertz CT molecular complexity index is 976. The smallest absolute Gasteiger partial charge is 0.410 e. The number of carbonyl (C=O) groups excluding carboxylic acids is 2. The highest BCUT2D eigenvalue weighted by atomic mass is 16.6. The maximum absolute atomic E-state index is 11.6. The average molecular weight is 444 g/mol. The molecular formula is C22H24N2O8. The molecule has 2 aromatic carbocycles. The van der Waals surface area contributed by atoms with Crippen molar-refractivity contribution in [3.63, 3.8) is 0 Å². The quantitative estimate of drug-likeness (QED) is 0.433. The number of hydrogen-bond acceptors (Lipinski definition) is 8. The second-order valence-electron chi connectivity index (χ2n) is 7.35. The number of esters is 1. The van der Waals surface area contributed by atoms with Crippen LogP contribution in [0.5, 0.6) is 5.75 Å². The van der Waals surface area contributed by atoms with Crippen molar-refractivity contribution >= 4 is 17.7 Å². The fourth-order valence-corrected chi connectivity index (χ4v) is 3.25. The van der Waals surface area contributed by atoms with E-state index in [2.05, 4.69) is 0 Å². The molecule has 10 heteroatoms. The van der Waals surface area contributed by atoms with Gasteiger partial charge in [0, 0.05) is 30.8 Å². The van der Waals surface area contributed by atoms with Gasteiger partial charge in [0.2, 0.25) is 0 Å². The summed E-state index contributed by atoms with van der Waals surface area (Å²) in [6.07, 6.45) is -0.0645. The van der Waals surface area contributed by atoms with E-state index in [-0.39, 0.29) is 18.3 Å². The SMILES string of the molecule is COc1cc2ccc1COC(=O)C2.O=C(OCc1ccc([N+](=O)[O-])cc1)N1CCC(O)C1. The minimum Gasteiger partial charge on any atom is -0.496 e. The number of amides is 1. The first kappa shape index (κ1) is 23.0. The topological polar surface area (TPSA) is 128 Å². The van der Waals surface area contributed by atoms with E-state index in [1.807, 2.05) is 18.2 Å². The molecule has 0 saturated carbocycles. The highest BCUT2D eigenvalue weighted by Crippen LogP contribution is 2.24. The summed E-state index contributed by atoms with van der Waals surface area (Å²) < 4.78 is 15.2. The minimum absolute atomic E-state index is 0.00209. The fraction of sp³-hybridized carbons (Fsp3) is 0.364. The van der Waals surface area contributed by atoms with Gasteiger partial charge in [0.25, 0.3) is 5.69 Å². The molecule has 1 amide bonds. The monoisotopic (exact) mass is 444 g/mol. The third-order valence-corrected chi connectivity index (χ3v) is 5.02. The van der Waals surface area contributed by atoms with Crippen molar-refractivity contribution in [2.45, 2.75) is 32.2 Å². The first-order valence-electron chi connectivity index (χ1n) is 10.00. The van der Waals surface area contributed by atoms with Gasteiger partial charge in [-0.2, -0.15) is 0 Å². The zero-order valence-corrected chi connectivity index (χ0v) is 17.6. The molecular weight excluding hydrogens is 420 g/mol. The molecule has 0 aliphatic carbocycles. The lowest BCUT2D eigenvalue weighted by Gasteiger charge is -2.15. The number of nitro benzene ring substituents is 1. The molecule has 1 atom stereocenters. The molecule has 0 radical (unpaired) electrons. The summed E-state index contributed by atoms with van der Waals surface area (Å²) in [5.74, 6) is 0.619. The summed E-state index contributed by atoms with van der Waals surface area (Å²) in [6.45, 7) is 1.14. The van der Waals surface area contributed by atoms with E-state index in [1.54, 1.807) is 19.2 Å². The molecule has 1 saturated heterocycles. The Morgan fingerprint density at radius 3 is 2.66 bits per heavy atom. The van der Waals surface area contributed by atoms with Crippen LogP contribution in [0.3, 0.4) is 0 Å². The summed E-state index contributed by atoms with van der Waals surface area (Å²) in [5.41, 5.74) is 2.53. The predicted molar refractivity (Wildman–Crippen MR) is 112 cm³/mol. The second kappa shape index (κ2) is 10.6. The number of rotatable bonds is 4. The van der Waals surface area contributed by atoms with Gasteiger partial charge in [-0.25, -0.2) is 4.79 Å². The van der Waals surface area contributed by atoms with Crippen LogP contribution in [-0.2, 0) is 33.9 Å². The van der Waals surface area contributed by atoms with E-state index >= 15 is 0 Å². The standard InChI is InChI=1S/C12H14N2O5.C10H10O3/c15-11-5-6-13(7-11)12(16)19-8-9-1-3-10(4-2-9)14(17)18;1-12-9-4-7-2-3-8(9)6-13-10(11)5-7/h1-4,11,15H,5-8H2;2-4H,5-6H2,1H3. The number of likely N-dealkylation sites (tertiary alicyclic amines) is 1. The molecule has 3 aliphatic rings. The van der Waals surface area contributed by atoms with Crippen molar-refractivity contribution in [1.82, 2.24) is 4.90 Å². The van der Waals surface area contributed by atoms with Crippen molar-refractivity contribution in [3.05, 3.63) is 69.3 Å². The number of hydrogen-bond donors (Lipinski definition) is 1. The average Bonchev–Trinajstić information content (AvgIpc) is 3.21. The summed E-state index contributed by atoms with van der Waals surface area (Å²) in [5, 5.41) is 19.8. The Hall–Kier alpha value is -3.66. The van der Waals surface area contributed by atoms with Crippen LogP contribution in [0, 0.1) is 10.1 Å². The van der Waals surface area contributed by atoms with Crippen molar-refractivity contribution in [2.75, 3.05) is 20.2 Å². The highest BCUT2D eigenvalue weighted by molar-refractivity contribution is 5.73. The van der Waals surface area contributed by atoms with Gasteiger partial charge in [-0.05, 0) is 35.7 Å². The maximum atomic E-state index is 11.6. The zero-order valence-electron chi connectivity index (χ0n) is 17.6. The molecule has 5 rings (SSSR count). The lowest BCUT2D eigenvalue weighted by atomic mass is 10.1. The van der Waals surface area contributed by atoms with Gasteiger partial charge in [0.05, 0.1) is 24.6 Å². The molecule has 2 aromatic rings. The summed E-state index contributed by atoms with van der Waals surface area (Å²) in [4.78, 5) is 34.1. The van der Waals surface area contributed by atoms with Gasteiger partial charge in [-0.3, -0.25) is 14.9 Å². The number of methoxy groups -OCH3 is 1.